The lowest BCUT2D eigenvalue weighted by Crippen LogP contribution is -2.04. The van der Waals surface area contributed by atoms with E-state index in [0.29, 0.717) is 39.2 Å². The van der Waals surface area contributed by atoms with Gasteiger partial charge in [-0.25, -0.2) is 4.79 Å². The second-order valence-electron chi connectivity index (χ2n) is 4.40. The van der Waals surface area contributed by atoms with Crippen LogP contribution in [0.15, 0.2) is 18.2 Å². The van der Waals surface area contributed by atoms with E-state index in [9.17, 15) is 18.0 Å². The molecule has 0 fully saturated rings. The van der Waals surface area contributed by atoms with Crippen LogP contribution in [0, 0.1) is 0 Å². The highest BCUT2D eigenvalue weighted by atomic mass is 35.5. The van der Waals surface area contributed by atoms with Crippen LogP contribution in [0.1, 0.15) is 27.2 Å². The summed E-state index contributed by atoms with van der Waals surface area (Å²) in [6.45, 7) is 0. The van der Waals surface area contributed by atoms with Gasteiger partial charge in [0.25, 0.3) is 0 Å². The van der Waals surface area contributed by atoms with Crippen molar-refractivity contribution in [3.8, 4) is 0 Å². The molecule has 7 heteroatoms. The van der Waals surface area contributed by atoms with E-state index in [1.807, 2.05) is 0 Å². The molecule has 0 saturated heterocycles. The number of hydrogen-bond donors (Lipinski definition) is 0. The van der Waals surface area contributed by atoms with Crippen molar-refractivity contribution in [1.29, 1.82) is 0 Å². The number of methoxy groups -OCH3 is 1. The Morgan fingerprint density at radius 2 is 2.10 bits per heavy atom. The van der Waals surface area contributed by atoms with E-state index in [1.165, 1.54) is 13.2 Å². The van der Waals surface area contributed by atoms with Crippen LogP contribution in [-0.4, -0.2) is 19.0 Å². The van der Waals surface area contributed by atoms with Crippen molar-refractivity contribution in [3.05, 3.63) is 34.2 Å². The third-order valence-electron chi connectivity index (χ3n) is 3.05. The quantitative estimate of drug-likeness (QED) is 0.587. The Hall–Kier alpha value is -1.27. The Balaban J connectivity index is 2.58. The monoisotopic (exact) mass is 336 g/mol. The number of rotatable bonds is 4. The Kier molecular flexibility index (Phi) is 4.78. The molecule has 2 aromatic rings. The van der Waals surface area contributed by atoms with Gasteiger partial charge in [-0.2, -0.15) is 13.2 Å². The number of carbonyl (C=O) groups is 1. The van der Waals surface area contributed by atoms with Gasteiger partial charge >= 0.3 is 12.1 Å². The summed E-state index contributed by atoms with van der Waals surface area (Å²) < 4.78 is 43.4. The molecule has 0 spiro atoms. The van der Waals surface area contributed by atoms with E-state index in [0.717, 1.165) is 23.5 Å². The standard InChI is InChI=1S/C14H12ClF3O2S/c1-20-13(19)12-10(3-2-6-15)9-5-4-8(14(16,17)18)7-11(9)21-12/h4-5,7H,2-3,6H2,1H3. The molecule has 2 nitrogen and oxygen atoms in total. The molecule has 0 aliphatic rings. The average Bonchev–Trinajstić information content (AvgIpc) is 2.81. The van der Waals surface area contributed by atoms with E-state index in [1.54, 1.807) is 0 Å². The summed E-state index contributed by atoms with van der Waals surface area (Å²) in [7, 11) is 1.25. The highest BCUT2D eigenvalue weighted by Gasteiger charge is 2.31. The Morgan fingerprint density at radius 1 is 1.38 bits per heavy atom. The minimum Gasteiger partial charge on any atom is -0.465 e. The number of aryl methyl sites for hydroxylation is 1. The lowest BCUT2D eigenvalue weighted by atomic mass is 10.0. The van der Waals surface area contributed by atoms with Gasteiger partial charge in [-0.05, 0) is 35.9 Å². The molecule has 0 unspecified atom stereocenters. The number of carbonyl (C=O) groups excluding carboxylic acids is 1. The van der Waals surface area contributed by atoms with Crippen LogP contribution >= 0.6 is 22.9 Å². The van der Waals surface area contributed by atoms with Crippen LogP contribution in [0.3, 0.4) is 0 Å². The molecule has 114 valence electrons. The highest BCUT2D eigenvalue weighted by molar-refractivity contribution is 7.21. The summed E-state index contributed by atoms with van der Waals surface area (Å²) in [5, 5.41) is 0.651. The Bertz CT molecular complexity index is 664. The van der Waals surface area contributed by atoms with Crippen molar-refractivity contribution in [1.82, 2.24) is 0 Å². The van der Waals surface area contributed by atoms with Crippen molar-refractivity contribution in [2.75, 3.05) is 13.0 Å². The van der Waals surface area contributed by atoms with Gasteiger partial charge in [0.05, 0.1) is 12.7 Å². The maximum absolute atomic E-state index is 12.7. The molecule has 1 aromatic carbocycles. The number of ether oxygens (including phenoxy) is 1. The summed E-state index contributed by atoms with van der Waals surface area (Å²) in [6, 6.07) is 3.50. The third kappa shape index (κ3) is 3.32. The molecule has 0 aliphatic heterocycles. The normalized spacial score (nSPS) is 11.9. The van der Waals surface area contributed by atoms with Gasteiger partial charge < -0.3 is 4.74 Å². The summed E-state index contributed by atoms with van der Waals surface area (Å²) >= 11 is 6.68. The molecule has 0 atom stereocenters. The first-order chi connectivity index (χ1) is 9.88. The van der Waals surface area contributed by atoms with Gasteiger partial charge in [-0.1, -0.05) is 6.07 Å². The molecule has 0 radical (unpaired) electrons. The van der Waals surface area contributed by atoms with Gasteiger partial charge in [0.1, 0.15) is 4.88 Å². The van der Waals surface area contributed by atoms with Crippen LogP contribution in [0.4, 0.5) is 13.2 Å². The van der Waals surface area contributed by atoms with Crippen LogP contribution in [-0.2, 0) is 17.3 Å². The van der Waals surface area contributed by atoms with E-state index in [4.69, 9.17) is 16.3 Å². The third-order valence-corrected chi connectivity index (χ3v) is 4.49. The second kappa shape index (κ2) is 6.23. The number of halogens is 4. The molecule has 1 aromatic heterocycles. The fourth-order valence-electron chi connectivity index (χ4n) is 2.08. The fraction of sp³-hybridized carbons (Fsp3) is 0.357. The summed E-state index contributed by atoms with van der Waals surface area (Å²) in [5.41, 5.74) is -0.0206. The molecular formula is C14H12ClF3O2S. The molecule has 21 heavy (non-hydrogen) atoms. The summed E-state index contributed by atoms with van der Waals surface area (Å²) in [5.74, 6) is -0.118. The predicted molar refractivity (Wildman–Crippen MR) is 77.2 cm³/mol. The zero-order valence-corrected chi connectivity index (χ0v) is 12.7. The number of fused-ring (bicyclic) bond motifs is 1. The first kappa shape index (κ1) is 16.1. The van der Waals surface area contributed by atoms with E-state index in [2.05, 4.69) is 0 Å². The van der Waals surface area contributed by atoms with Crippen molar-refractivity contribution in [2.45, 2.75) is 19.0 Å². The topological polar surface area (TPSA) is 26.3 Å². The molecule has 1 heterocycles. The first-order valence-corrected chi connectivity index (χ1v) is 7.50. The molecule has 0 saturated carbocycles. The van der Waals surface area contributed by atoms with Gasteiger partial charge in [0, 0.05) is 10.6 Å². The van der Waals surface area contributed by atoms with E-state index < -0.39 is 17.7 Å². The largest absolute Gasteiger partial charge is 0.465 e. The Labute approximate surface area is 128 Å². The van der Waals surface area contributed by atoms with Gasteiger partial charge in [-0.15, -0.1) is 22.9 Å². The van der Waals surface area contributed by atoms with E-state index >= 15 is 0 Å². The van der Waals surface area contributed by atoms with Crippen LogP contribution < -0.4 is 0 Å². The van der Waals surface area contributed by atoms with Crippen molar-refractivity contribution < 1.29 is 22.7 Å². The fourth-order valence-corrected chi connectivity index (χ4v) is 3.42. The molecule has 0 amide bonds. The number of alkyl halides is 4. The van der Waals surface area contributed by atoms with Crippen molar-refractivity contribution >= 4 is 39.0 Å². The number of benzene rings is 1. The predicted octanol–water partition coefficient (Wildman–Crippen LogP) is 4.88. The SMILES string of the molecule is COC(=O)c1sc2cc(C(F)(F)F)ccc2c1CCCCl. The minimum absolute atomic E-state index is 0.344. The second-order valence-corrected chi connectivity index (χ2v) is 5.83. The molecule has 0 N–H and O–H groups in total. The number of thiophene rings is 1. The molecule has 2 rings (SSSR count). The maximum Gasteiger partial charge on any atom is 0.416 e. The van der Waals surface area contributed by atoms with E-state index in [-0.39, 0.29) is 0 Å². The molecular weight excluding hydrogens is 325 g/mol. The molecule has 0 bridgehead atoms. The molecule has 0 aliphatic carbocycles. The average molecular weight is 337 g/mol. The van der Waals surface area contributed by atoms with Gasteiger partial charge in [0.15, 0.2) is 0 Å². The Morgan fingerprint density at radius 3 is 2.67 bits per heavy atom. The minimum atomic E-state index is -4.40. The number of hydrogen-bond acceptors (Lipinski definition) is 3. The lowest BCUT2D eigenvalue weighted by molar-refractivity contribution is -0.137. The van der Waals surface area contributed by atoms with Crippen LogP contribution in [0.2, 0.25) is 0 Å². The zero-order chi connectivity index (χ0) is 15.6. The summed E-state index contributed by atoms with van der Waals surface area (Å²) in [4.78, 5) is 12.1. The van der Waals surface area contributed by atoms with Crippen molar-refractivity contribution in [2.24, 2.45) is 0 Å². The number of esters is 1. The zero-order valence-electron chi connectivity index (χ0n) is 11.1. The maximum atomic E-state index is 12.7. The first-order valence-electron chi connectivity index (χ1n) is 6.15. The van der Waals surface area contributed by atoms with Crippen LogP contribution in [0.25, 0.3) is 10.1 Å². The van der Waals surface area contributed by atoms with Gasteiger partial charge in [0.2, 0.25) is 0 Å². The highest BCUT2D eigenvalue weighted by Crippen LogP contribution is 2.37. The smallest absolute Gasteiger partial charge is 0.416 e. The van der Waals surface area contributed by atoms with Gasteiger partial charge in [-0.3, -0.25) is 0 Å². The van der Waals surface area contributed by atoms with Crippen LogP contribution in [0.5, 0.6) is 0 Å². The van der Waals surface area contributed by atoms with Crippen molar-refractivity contribution in [3.63, 3.8) is 0 Å². The lowest BCUT2D eigenvalue weighted by Gasteiger charge is -2.06. The summed E-state index contributed by atoms with van der Waals surface area (Å²) in [6.07, 6.45) is -3.24.